The molecule has 0 saturated heterocycles. The molecule has 122 valence electrons. The molecule has 0 aromatic heterocycles. The Morgan fingerprint density at radius 1 is 0.762 bits per heavy atom. The van der Waals surface area contributed by atoms with Gasteiger partial charge in [-0.25, -0.2) is 0 Å². The van der Waals surface area contributed by atoms with Gasteiger partial charge in [-0.15, -0.1) is 0 Å². The Bertz CT molecular complexity index is 309. The molecule has 7 nitrogen and oxygen atoms in total. The van der Waals surface area contributed by atoms with Crippen molar-refractivity contribution in [3.8, 4) is 0 Å². The van der Waals surface area contributed by atoms with E-state index >= 15 is 0 Å². The van der Waals surface area contributed by atoms with E-state index < -0.39 is 0 Å². The number of ether oxygens (including phenoxy) is 3. The Labute approximate surface area is 125 Å². The van der Waals surface area contributed by atoms with Crippen LogP contribution in [0, 0.1) is 0 Å². The molecule has 0 atom stereocenters. The number of carbonyl (C=O) groups excluding carboxylic acids is 3. The average molecular weight is 303 g/mol. The summed E-state index contributed by atoms with van der Waals surface area (Å²) in [5.74, 6) is -0.965. The number of hydrogen-bond donors (Lipinski definition) is 0. The van der Waals surface area contributed by atoms with Crippen molar-refractivity contribution in [2.75, 3.05) is 33.0 Å². The Hall–Kier alpha value is -1.63. The van der Waals surface area contributed by atoms with Crippen molar-refractivity contribution in [3.63, 3.8) is 0 Å². The van der Waals surface area contributed by atoms with Gasteiger partial charge in [0, 0.05) is 19.5 Å². The highest BCUT2D eigenvalue weighted by Crippen LogP contribution is 1.99. The molecule has 0 radical (unpaired) electrons. The van der Waals surface area contributed by atoms with Gasteiger partial charge in [-0.05, 0) is 13.8 Å². The van der Waals surface area contributed by atoms with Gasteiger partial charge in [-0.1, -0.05) is 6.92 Å². The summed E-state index contributed by atoms with van der Waals surface area (Å²) in [6, 6.07) is 0. The summed E-state index contributed by atoms with van der Waals surface area (Å²) in [6.07, 6.45) is 0.643. The molecule has 0 N–H and O–H groups in total. The van der Waals surface area contributed by atoms with Crippen LogP contribution in [0.3, 0.4) is 0 Å². The zero-order chi connectivity index (χ0) is 16.1. The zero-order valence-corrected chi connectivity index (χ0v) is 13.1. The van der Waals surface area contributed by atoms with Gasteiger partial charge in [-0.3, -0.25) is 19.3 Å². The Balaban J connectivity index is 4.22. The third-order valence-corrected chi connectivity index (χ3v) is 2.57. The second kappa shape index (κ2) is 12.1. The lowest BCUT2D eigenvalue weighted by atomic mass is 10.3. The fraction of sp³-hybridized carbons (Fsp3) is 0.786. The maximum absolute atomic E-state index is 11.3. The number of carbonyl (C=O) groups is 3. The first-order valence-corrected chi connectivity index (χ1v) is 7.22. The van der Waals surface area contributed by atoms with Gasteiger partial charge in [-0.2, -0.15) is 0 Å². The van der Waals surface area contributed by atoms with Crippen molar-refractivity contribution in [2.45, 2.75) is 40.0 Å². The normalized spacial score (nSPS) is 10.3. The summed E-state index contributed by atoms with van der Waals surface area (Å²) in [5, 5.41) is 0. The van der Waals surface area contributed by atoms with Crippen molar-refractivity contribution in [2.24, 2.45) is 0 Å². The summed E-state index contributed by atoms with van der Waals surface area (Å²) < 4.78 is 14.7. The molecule has 0 aliphatic carbocycles. The van der Waals surface area contributed by atoms with Crippen LogP contribution in [-0.4, -0.2) is 55.8 Å². The van der Waals surface area contributed by atoms with Crippen LogP contribution in [-0.2, 0) is 28.6 Å². The molecule has 0 unspecified atom stereocenters. The molecule has 0 fully saturated rings. The van der Waals surface area contributed by atoms with Crippen LogP contribution in [0.2, 0.25) is 0 Å². The summed E-state index contributed by atoms with van der Waals surface area (Å²) >= 11 is 0. The lowest BCUT2D eigenvalue weighted by Crippen LogP contribution is -2.32. The van der Waals surface area contributed by atoms with E-state index in [-0.39, 0.29) is 43.9 Å². The van der Waals surface area contributed by atoms with Crippen molar-refractivity contribution >= 4 is 17.9 Å². The molecule has 7 heteroatoms. The standard InChI is InChI=1S/C14H25NO6/c1-4-12(16)21-11-15(9-7-13(17)19-5-2)10-8-14(18)20-6-3/h4-11H2,1-3H3. The second-order valence-electron chi connectivity index (χ2n) is 4.23. The van der Waals surface area contributed by atoms with Gasteiger partial charge < -0.3 is 14.2 Å². The summed E-state index contributed by atoms with van der Waals surface area (Å²) in [6.45, 7) is 6.58. The predicted octanol–water partition coefficient (Wildman–Crippen LogP) is 1.11. The maximum atomic E-state index is 11.3. The van der Waals surface area contributed by atoms with Gasteiger partial charge in [0.2, 0.25) is 0 Å². The summed E-state index contributed by atoms with van der Waals surface area (Å²) in [5.41, 5.74) is 0. The van der Waals surface area contributed by atoms with E-state index in [2.05, 4.69) is 0 Å². The molecule has 0 aliphatic rings. The van der Waals surface area contributed by atoms with Gasteiger partial charge >= 0.3 is 17.9 Å². The van der Waals surface area contributed by atoms with Gasteiger partial charge in [0.15, 0.2) is 0 Å². The Morgan fingerprint density at radius 2 is 1.24 bits per heavy atom. The predicted molar refractivity (Wildman–Crippen MR) is 75.3 cm³/mol. The zero-order valence-electron chi connectivity index (χ0n) is 13.1. The lowest BCUT2D eigenvalue weighted by Gasteiger charge is -2.21. The van der Waals surface area contributed by atoms with E-state index in [4.69, 9.17) is 14.2 Å². The molecule has 0 bridgehead atoms. The first kappa shape index (κ1) is 19.4. The molecule has 0 heterocycles. The minimum absolute atomic E-state index is 0.0471. The highest BCUT2D eigenvalue weighted by Gasteiger charge is 2.13. The van der Waals surface area contributed by atoms with Crippen molar-refractivity contribution in [1.29, 1.82) is 0 Å². The van der Waals surface area contributed by atoms with Gasteiger partial charge in [0.1, 0.15) is 6.73 Å². The number of nitrogens with zero attached hydrogens (tertiary/aromatic N) is 1. The topological polar surface area (TPSA) is 82.1 Å². The third kappa shape index (κ3) is 10.8. The first-order chi connectivity index (χ1) is 10.0. The molecule has 0 amide bonds. The molecule has 0 aliphatic heterocycles. The number of rotatable bonds is 11. The smallest absolute Gasteiger partial charge is 0.307 e. The number of esters is 3. The van der Waals surface area contributed by atoms with E-state index in [0.29, 0.717) is 26.3 Å². The van der Waals surface area contributed by atoms with Crippen LogP contribution in [0.25, 0.3) is 0 Å². The molecule has 0 spiro atoms. The fourth-order valence-electron chi connectivity index (χ4n) is 1.47. The van der Waals surface area contributed by atoms with Crippen molar-refractivity contribution in [1.82, 2.24) is 4.90 Å². The molecule has 0 saturated carbocycles. The minimum atomic E-state index is -0.327. The van der Waals surface area contributed by atoms with Crippen LogP contribution in [0.15, 0.2) is 0 Å². The van der Waals surface area contributed by atoms with Crippen LogP contribution in [0.1, 0.15) is 40.0 Å². The van der Waals surface area contributed by atoms with E-state index in [9.17, 15) is 14.4 Å². The molecule has 0 aromatic rings. The highest BCUT2D eigenvalue weighted by molar-refractivity contribution is 5.70. The molecule has 0 aromatic carbocycles. The van der Waals surface area contributed by atoms with Crippen molar-refractivity contribution in [3.05, 3.63) is 0 Å². The summed E-state index contributed by atoms with van der Waals surface area (Å²) in [7, 11) is 0. The molecule has 0 rings (SSSR count). The van der Waals surface area contributed by atoms with E-state index in [1.165, 1.54) is 0 Å². The largest absolute Gasteiger partial charge is 0.466 e. The Kier molecular flexibility index (Phi) is 11.2. The van der Waals surface area contributed by atoms with E-state index in [1.54, 1.807) is 25.7 Å². The second-order valence-corrected chi connectivity index (χ2v) is 4.23. The molecular formula is C14H25NO6. The molecule has 21 heavy (non-hydrogen) atoms. The Morgan fingerprint density at radius 3 is 1.62 bits per heavy atom. The quantitative estimate of drug-likeness (QED) is 0.321. The SMILES string of the molecule is CCOC(=O)CCN(CCC(=O)OCC)COC(=O)CC. The molecular weight excluding hydrogens is 278 g/mol. The average Bonchev–Trinajstić information content (AvgIpc) is 2.46. The minimum Gasteiger partial charge on any atom is -0.466 e. The summed E-state index contributed by atoms with van der Waals surface area (Å²) in [4.78, 5) is 35.5. The first-order valence-electron chi connectivity index (χ1n) is 7.22. The monoisotopic (exact) mass is 303 g/mol. The lowest BCUT2D eigenvalue weighted by molar-refractivity contribution is -0.149. The van der Waals surface area contributed by atoms with E-state index in [0.717, 1.165) is 0 Å². The van der Waals surface area contributed by atoms with Crippen molar-refractivity contribution < 1.29 is 28.6 Å². The van der Waals surface area contributed by atoms with E-state index in [1.807, 2.05) is 0 Å². The van der Waals surface area contributed by atoms with Gasteiger partial charge in [0.05, 0.1) is 26.1 Å². The van der Waals surface area contributed by atoms with Crippen LogP contribution in [0.4, 0.5) is 0 Å². The maximum Gasteiger partial charge on any atom is 0.307 e. The number of hydrogen-bond acceptors (Lipinski definition) is 7. The van der Waals surface area contributed by atoms with Crippen LogP contribution in [0.5, 0.6) is 0 Å². The highest BCUT2D eigenvalue weighted by atomic mass is 16.5. The fourth-order valence-corrected chi connectivity index (χ4v) is 1.47. The van der Waals surface area contributed by atoms with Gasteiger partial charge in [0.25, 0.3) is 0 Å². The van der Waals surface area contributed by atoms with Crippen LogP contribution < -0.4 is 0 Å². The van der Waals surface area contributed by atoms with Crippen LogP contribution >= 0.6 is 0 Å². The third-order valence-electron chi connectivity index (χ3n) is 2.57.